The van der Waals surface area contributed by atoms with Gasteiger partial charge in [-0.05, 0) is 45.5 Å². The highest BCUT2D eigenvalue weighted by Gasteiger charge is 2.25. The molecule has 0 saturated heterocycles. The van der Waals surface area contributed by atoms with Crippen molar-refractivity contribution in [2.45, 2.75) is 25.3 Å². The van der Waals surface area contributed by atoms with Gasteiger partial charge in [0.25, 0.3) is 0 Å². The Bertz CT molecular complexity index is 777. The zero-order valence-corrected chi connectivity index (χ0v) is 12.8. The maximum Gasteiger partial charge on any atom is 0.0303 e. The maximum atomic E-state index is 6.49. The minimum atomic E-state index is 0. The zero-order valence-electron chi connectivity index (χ0n) is 12.0. The topological polar surface area (TPSA) is 26.0 Å². The first-order valence-corrected chi connectivity index (χ1v) is 7.49. The second-order valence-corrected chi connectivity index (χ2v) is 6.02. The number of fused-ring (bicyclic) bond motifs is 3. The average Bonchev–Trinajstić information content (AvgIpc) is 3.30. The van der Waals surface area contributed by atoms with Crippen LogP contribution in [0, 0.1) is 5.92 Å². The molecule has 0 unspecified atom stereocenters. The Balaban J connectivity index is 0.00000132. The molecule has 108 valence electrons. The predicted octanol–water partition coefficient (Wildman–Crippen LogP) is 5.21. The van der Waals surface area contributed by atoms with E-state index in [0.717, 1.165) is 12.3 Å². The van der Waals surface area contributed by atoms with E-state index in [-0.39, 0.29) is 18.4 Å². The third kappa shape index (κ3) is 2.64. The first-order chi connectivity index (χ1) is 9.83. The Labute approximate surface area is 131 Å². The van der Waals surface area contributed by atoms with Gasteiger partial charge in [-0.3, -0.25) is 0 Å². The Kier molecular flexibility index (Phi) is 3.88. The van der Waals surface area contributed by atoms with Crippen LogP contribution >= 0.6 is 12.4 Å². The monoisotopic (exact) mass is 297 g/mol. The molecule has 0 radical (unpaired) electrons. The molecular formula is C19H20ClN. The third-order valence-electron chi connectivity index (χ3n) is 4.48. The molecule has 1 nitrogen and oxygen atoms in total. The van der Waals surface area contributed by atoms with Crippen molar-refractivity contribution >= 4 is 34.0 Å². The predicted molar refractivity (Wildman–Crippen MR) is 93.0 cm³/mol. The Morgan fingerprint density at radius 1 is 0.905 bits per heavy atom. The van der Waals surface area contributed by atoms with E-state index in [1.807, 2.05) is 0 Å². The van der Waals surface area contributed by atoms with Gasteiger partial charge in [0.1, 0.15) is 0 Å². The Morgan fingerprint density at radius 2 is 1.52 bits per heavy atom. The van der Waals surface area contributed by atoms with Crippen molar-refractivity contribution in [2.75, 3.05) is 0 Å². The lowest BCUT2D eigenvalue weighted by atomic mass is 9.92. The fourth-order valence-electron chi connectivity index (χ4n) is 3.23. The van der Waals surface area contributed by atoms with E-state index in [2.05, 4.69) is 54.6 Å². The molecule has 0 aliphatic heterocycles. The number of halogens is 1. The average molecular weight is 298 g/mol. The molecule has 3 aromatic carbocycles. The normalized spacial score (nSPS) is 15.9. The van der Waals surface area contributed by atoms with Gasteiger partial charge in [-0.1, -0.05) is 61.4 Å². The molecule has 1 fully saturated rings. The van der Waals surface area contributed by atoms with Crippen LogP contribution < -0.4 is 5.73 Å². The van der Waals surface area contributed by atoms with E-state index >= 15 is 0 Å². The molecule has 2 N–H and O–H groups in total. The second-order valence-electron chi connectivity index (χ2n) is 6.02. The highest BCUT2D eigenvalue weighted by atomic mass is 35.5. The van der Waals surface area contributed by atoms with Gasteiger partial charge >= 0.3 is 0 Å². The van der Waals surface area contributed by atoms with Gasteiger partial charge in [0.15, 0.2) is 0 Å². The minimum Gasteiger partial charge on any atom is -0.324 e. The molecule has 0 aromatic heterocycles. The summed E-state index contributed by atoms with van der Waals surface area (Å²) in [7, 11) is 0. The summed E-state index contributed by atoms with van der Waals surface area (Å²) in [5.41, 5.74) is 7.80. The SMILES string of the molecule is Cl.N[C@@H](CC1CC1)c1cc2ccccc2c2ccccc12. The summed E-state index contributed by atoms with van der Waals surface area (Å²) in [6.45, 7) is 0. The molecule has 21 heavy (non-hydrogen) atoms. The Morgan fingerprint density at radius 3 is 2.24 bits per heavy atom. The van der Waals surface area contributed by atoms with E-state index in [1.54, 1.807) is 0 Å². The summed E-state index contributed by atoms with van der Waals surface area (Å²) >= 11 is 0. The van der Waals surface area contributed by atoms with Crippen molar-refractivity contribution in [3.8, 4) is 0 Å². The molecular weight excluding hydrogens is 278 g/mol. The van der Waals surface area contributed by atoms with Gasteiger partial charge in [-0.2, -0.15) is 0 Å². The van der Waals surface area contributed by atoms with Crippen LogP contribution in [0.25, 0.3) is 21.5 Å². The van der Waals surface area contributed by atoms with Crippen molar-refractivity contribution < 1.29 is 0 Å². The van der Waals surface area contributed by atoms with Gasteiger partial charge in [0, 0.05) is 6.04 Å². The number of hydrogen-bond acceptors (Lipinski definition) is 1. The summed E-state index contributed by atoms with van der Waals surface area (Å²) in [5.74, 6) is 0.857. The summed E-state index contributed by atoms with van der Waals surface area (Å²) in [5, 5.41) is 5.27. The number of rotatable bonds is 3. The molecule has 1 aliphatic carbocycles. The van der Waals surface area contributed by atoms with E-state index in [1.165, 1.54) is 39.9 Å². The lowest BCUT2D eigenvalue weighted by Crippen LogP contribution is -2.11. The molecule has 1 saturated carbocycles. The maximum absolute atomic E-state index is 6.49. The largest absolute Gasteiger partial charge is 0.324 e. The lowest BCUT2D eigenvalue weighted by Gasteiger charge is -2.16. The zero-order chi connectivity index (χ0) is 13.5. The van der Waals surface area contributed by atoms with Crippen LogP contribution in [-0.4, -0.2) is 0 Å². The molecule has 1 atom stereocenters. The summed E-state index contributed by atoms with van der Waals surface area (Å²) in [6, 6.07) is 19.7. The fourth-order valence-corrected chi connectivity index (χ4v) is 3.23. The van der Waals surface area contributed by atoms with Gasteiger partial charge < -0.3 is 5.73 Å². The van der Waals surface area contributed by atoms with Crippen molar-refractivity contribution in [3.05, 3.63) is 60.2 Å². The van der Waals surface area contributed by atoms with Gasteiger partial charge in [-0.25, -0.2) is 0 Å². The lowest BCUT2D eigenvalue weighted by molar-refractivity contribution is 0.601. The van der Waals surface area contributed by atoms with Crippen molar-refractivity contribution in [1.29, 1.82) is 0 Å². The van der Waals surface area contributed by atoms with Gasteiger partial charge in [0.05, 0.1) is 0 Å². The summed E-state index contributed by atoms with van der Waals surface area (Å²) in [4.78, 5) is 0. The standard InChI is InChI=1S/C19H19N.ClH/c20-19(11-13-9-10-13)18-12-14-5-1-2-6-15(14)16-7-3-4-8-17(16)18;/h1-8,12-13,19H,9-11,20H2;1H/t19-;/m0./s1. The van der Waals surface area contributed by atoms with E-state index in [0.29, 0.717) is 0 Å². The number of nitrogens with two attached hydrogens (primary N) is 1. The molecule has 0 bridgehead atoms. The van der Waals surface area contributed by atoms with Crippen LogP contribution in [0.15, 0.2) is 54.6 Å². The van der Waals surface area contributed by atoms with Crippen LogP contribution in [0.5, 0.6) is 0 Å². The first-order valence-electron chi connectivity index (χ1n) is 7.49. The van der Waals surface area contributed by atoms with Crippen LogP contribution in [0.1, 0.15) is 30.9 Å². The molecule has 3 aromatic rings. The number of benzene rings is 3. The Hall–Kier alpha value is -1.57. The van der Waals surface area contributed by atoms with Gasteiger partial charge in [-0.15, -0.1) is 12.4 Å². The van der Waals surface area contributed by atoms with Crippen LogP contribution in [0.2, 0.25) is 0 Å². The van der Waals surface area contributed by atoms with Crippen LogP contribution in [-0.2, 0) is 0 Å². The molecule has 0 amide bonds. The van der Waals surface area contributed by atoms with Crippen molar-refractivity contribution in [1.82, 2.24) is 0 Å². The smallest absolute Gasteiger partial charge is 0.0303 e. The first kappa shape index (κ1) is 14.4. The van der Waals surface area contributed by atoms with Crippen LogP contribution in [0.4, 0.5) is 0 Å². The van der Waals surface area contributed by atoms with Crippen LogP contribution in [0.3, 0.4) is 0 Å². The highest BCUT2D eigenvalue weighted by Crippen LogP contribution is 2.39. The second kappa shape index (κ2) is 5.67. The van der Waals surface area contributed by atoms with Crippen molar-refractivity contribution in [3.63, 3.8) is 0 Å². The quantitative estimate of drug-likeness (QED) is 0.659. The summed E-state index contributed by atoms with van der Waals surface area (Å²) < 4.78 is 0. The molecule has 4 rings (SSSR count). The van der Waals surface area contributed by atoms with Crippen molar-refractivity contribution in [2.24, 2.45) is 11.7 Å². The van der Waals surface area contributed by atoms with E-state index in [4.69, 9.17) is 5.73 Å². The highest BCUT2D eigenvalue weighted by molar-refractivity contribution is 6.09. The fraction of sp³-hybridized carbons (Fsp3) is 0.263. The summed E-state index contributed by atoms with van der Waals surface area (Å²) in [6.07, 6.45) is 3.85. The number of hydrogen-bond donors (Lipinski definition) is 1. The molecule has 0 spiro atoms. The third-order valence-corrected chi connectivity index (χ3v) is 4.48. The van der Waals surface area contributed by atoms with E-state index < -0.39 is 0 Å². The minimum absolute atomic E-state index is 0. The molecule has 2 heteroatoms. The van der Waals surface area contributed by atoms with E-state index in [9.17, 15) is 0 Å². The van der Waals surface area contributed by atoms with Gasteiger partial charge in [0.2, 0.25) is 0 Å². The molecule has 0 heterocycles. The molecule has 1 aliphatic rings.